The number of alkyl halides is 3. The number of carbonyl (C=O) groups is 1. The van der Waals surface area contributed by atoms with Crippen molar-refractivity contribution >= 4 is 37.9 Å². The standard InChI is InChI=1S/C28H35F3N4O4S2/c1-4-39-23-16-20(28(29,30)31)10-13-22(23)25(36)34-17-27(14-6-5-7-15-27)19-8-11-21(12-9-19)41(37,38)35-26(33)40-24(32)18(2)3/h8-13,16,18,32H,4-7,14-15,17H2,1-3H3,(H2,33,35)(H,34,36). The maximum atomic E-state index is 13.2. The number of hydrogen-bond donors (Lipinski definition) is 3. The minimum atomic E-state index is -4.57. The largest absolute Gasteiger partial charge is 0.493 e. The Morgan fingerprint density at radius 3 is 2.34 bits per heavy atom. The first-order valence-corrected chi connectivity index (χ1v) is 15.5. The van der Waals surface area contributed by atoms with Crippen LogP contribution in [-0.2, 0) is 21.6 Å². The smallest absolute Gasteiger partial charge is 0.416 e. The summed E-state index contributed by atoms with van der Waals surface area (Å²) in [5.74, 6) is -0.817. The minimum Gasteiger partial charge on any atom is -0.493 e. The van der Waals surface area contributed by atoms with Crippen LogP contribution in [0.25, 0.3) is 0 Å². The molecule has 2 aromatic carbocycles. The number of nitrogens with zero attached hydrogens (tertiary/aromatic N) is 1. The second-order valence-electron chi connectivity index (χ2n) is 10.2. The average molecular weight is 613 g/mol. The number of nitrogens with one attached hydrogen (secondary N) is 2. The van der Waals surface area contributed by atoms with E-state index in [-0.39, 0.29) is 45.5 Å². The van der Waals surface area contributed by atoms with E-state index in [0.29, 0.717) is 0 Å². The number of benzene rings is 2. The molecule has 8 nitrogen and oxygen atoms in total. The third kappa shape index (κ3) is 8.25. The van der Waals surface area contributed by atoms with Crippen LogP contribution in [0.5, 0.6) is 5.75 Å². The molecule has 0 saturated heterocycles. The van der Waals surface area contributed by atoms with E-state index in [0.717, 1.165) is 67.6 Å². The Morgan fingerprint density at radius 2 is 1.78 bits per heavy atom. The van der Waals surface area contributed by atoms with E-state index in [1.165, 1.54) is 12.1 Å². The van der Waals surface area contributed by atoms with E-state index in [4.69, 9.17) is 15.9 Å². The van der Waals surface area contributed by atoms with Crippen LogP contribution in [0.15, 0.2) is 51.8 Å². The summed E-state index contributed by atoms with van der Waals surface area (Å²) in [4.78, 5) is 13.1. The van der Waals surface area contributed by atoms with Crippen LogP contribution < -0.4 is 15.8 Å². The van der Waals surface area contributed by atoms with Crippen LogP contribution in [-0.4, -0.2) is 37.7 Å². The molecule has 224 valence electrons. The first kappa shape index (κ1) is 32.5. The van der Waals surface area contributed by atoms with Gasteiger partial charge >= 0.3 is 6.18 Å². The lowest BCUT2D eigenvalue weighted by Crippen LogP contribution is -2.42. The molecule has 1 aliphatic carbocycles. The van der Waals surface area contributed by atoms with Gasteiger partial charge in [-0.1, -0.05) is 45.2 Å². The molecule has 1 amide bonds. The highest BCUT2D eigenvalue weighted by molar-refractivity contribution is 8.26. The van der Waals surface area contributed by atoms with Crippen LogP contribution in [0, 0.1) is 11.3 Å². The van der Waals surface area contributed by atoms with Gasteiger partial charge in [-0.15, -0.1) is 4.40 Å². The third-order valence-electron chi connectivity index (χ3n) is 6.97. The molecule has 0 aliphatic heterocycles. The van der Waals surface area contributed by atoms with Gasteiger partial charge in [-0.25, -0.2) is 0 Å². The van der Waals surface area contributed by atoms with Gasteiger partial charge in [0.25, 0.3) is 15.9 Å². The van der Waals surface area contributed by atoms with E-state index in [9.17, 15) is 26.4 Å². The number of sulfonamides is 1. The third-order valence-corrected chi connectivity index (χ3v) is 9.38. The molecule has 0 unspecified atom stereocenters. The first-order chi connectivity index (χ1) is 19.2. The zero-order chi connectivity index (χ0) is 30.4. The Kier molecular flexibility index (Phi) is 10.5. The van der Waals surface area contributed by atoms with Gasteiger partial charge in [-0.05, 0) is 67.4 Å². The predicted octanol–water partition coefficient (Wildman–Crippen LogP) is 6.11. The monoisotopic (exact) mass is 612 g/mol. The summed E-state index contributed by atoms with van der Waals surface area (Å²) in [6, 6.07) is 9.08. The highest BCUT2D eigenvalue weighted by atomic mass is 32.2. The lowest BCUT2D eigenvalue weighted by molar-refractivity contribution is -0.137. The Labute approximate surface area is 242 Å². The fourth-order valence-electron chi connectivity index (χ4n) is 4.70. The second-order valence-corrected chi connectivity index (χ2v) is 12.9. The summed E-state index contributed by atoms with van der Waals surface area (Å²) in [6.45, 7) is 5.51. The van der Waals surface area contributed by atoms with Crippen LogP contribution >= 0.6 is 11.8 Å². The molecule has 13 heteroatoms. The van der Waals surface area contributed by atoms with Gasteiger partial charge in [0.2, 0.25) is 0 Å². The molecule has 0 spiro atoms. The number of rotatable bonds is 9. The molecule has 3 rings (SSSR count). The van der Waals surface area contributed by atoms with Gasteiger partial charge in [-0.2, -0.15) is 21.6 Å². The molecule has 0 heterocycles. The predicted molar refractivity (Wildman–Crippen MR) is 155 cm³/mol. The maximum Gasteiger partial charge on any atom is 0.416 e. The summed E-state index contributed by atoms with van der Waals surface area (Å²) in [5, 5.41) is 10.7. The number of amidine groups is 1. The van der Waals surface area contributed by atoms with Crippen LogP contribution in [0.2, 0.25) is 0 Å². The minimum absolute atomic E-state index is 0.00567. The fourth-order valence-corrected chi connectivity index (χ4v) is 6.43. The summed E-state index contributed by atoms with van der Waals surface area (Å²) >= 11 is 0.795. The van der Waals surface area contributed by atoms with Gasteiger partial charge in [0.05, 0.1) is 27.7 Å². The lowest BCUT2D eigenvalue weighted by Gasteiger charge is -2.38. The van der Waals surface area contributed by atoms with Crippen molar-refractivity contribution in [3.63, 3.8) is 0 Å². The van der Waals surface area contributed by atoms with Crippen LogP contribution in [0.3, 0.4) is 0 Å². The number of halogens is 3. The van der Waals surface area contributed by atoms with Gasteiger partial charge in [0.15, 0.2) is 5.17 Å². The molecule has 0 aromatic heterocycles. The SMILES string of the molecule is CCOc1cc(C(F)(F)F)ccc1C(=O)NCC1(c2ccc(S(=O)(=O)N=C(N)SC(=N)C(C)C)cc2)CCCCC1. The molecule has 0 atom stereocenters. The van der Waals surface area contributed by atoms with Crippen molar-refractivity contribution in [3.05, 3.63) is 59.2 Å². The molecule has 1 fully saturated rings. The van der Waals surface area contributed by atoms with Crippen LogP contribution in [0.4, 0.5) is 13.2 Å². The van der Waals surface area contributed by atoms with Crippen molar-refractivity contribution < 1.29 is 31.1 Å². The summed E-state index contributed by atoms with van der Waals surface area (Å²) in [5.41, 5.74) is 5.22. The number of amides is 1. The summed E-state index contributed by atoms with van der Waals surface area (Å²) < 4.78 is 74.2. The van der Waals surface area contributed by atoms with Crippen LogP contribution in [0.1, 0.15) is 74.4 Å². The van der Waals surface area contributed by atoms with E-state index < -0.39 is 33.1 Å². The lowest BCUT2D eigenvalue weighted by atomic mass is 9.69. The molecule has 0 bridgehead atoms. The van der Waals surface area contributed by atoms with E-state index in [1.54, 1.807) is 32.9 Å². The number of carbonyl (C=O) groups excluding carboxylic acids is 1. The van der Waals surface area contributed by atoms with Gasteiger partial charge in [0, 0.05) is 17.9 Å². The Bertz CT molecular complexity index is 1390. The first-order valence-electron chi connectivity index (χ1n) is 13.3. The average Bonchev–Trinajstić information content (AvgIpc) is 2.91. The second kappa shape index (κ2) is 13.3. The number of ether oxygens (including phenoxy) is 1. The summed E-state index contributed by atoms with van der Waals surface area (Å²) in [6.07, 6.45) is -0.264. The Morgan fingerprint density at radius 1 is 1.15 bits per heavy atom. The van der Waals surface area contributed by atoms with E-state index in [1.807, 2.05) is 0 Å². The molecule has 1 aliphatic rings. The normalized spacial score (nSPS) is 15.9. The van der Waals surface area contributed by atoms with E-state index in [2.05, 4.69) is 9.71 Å². The van der Waals surface area contributed by atoms with Gasteiger partial charge < -0.3 is 15.8 Å². The molecule has 2 aromatic rings. The zero-order valence-corrected chi connectivity index (χ0v) is 24.8. The van der Waals surface area contributed by atoms with Crippen molar-refractivity contribution in [2.45, 2.75) is 69.4 Å². The van der Waals surface area contributed by atoms with Crippen molar-refractivity contribution in [2.24, 2.45) is 16.0 Å². The number of hydrogen-bond acceptors (Lipinski definition) is 6. The van der Waals surface area contributed by atoms with Crippen molar-refractivity contribution in [3.8, 4) is 5.75 Å². The highest BCUT2D eigenvalue weighted by Crippen LogP contribution is 2.40. The highest BCUT2D eigenvalue weighted by Gasteiger charge is 2.36. The molecular formula is C28H35F3N4O4S2. The van der Waals surface area contributed by atoms with Crippen molar-refractivity contribution in [1.29, 1.82) is 5.41 Å². The van der Waals surface area contributed by atoms with Crippen molar-refractivity contribution in [1.82, 2.24) is 5.32 Å². The summed E-state index contributed by atoms with van der Waals surface area (Å²) in [7, 11) is -4.10. The fraction of sp³-hybridized carbons (Fsp3) is 0.464. The molecular weight excluding hydrogens is 577 g/mol. The molecule has 0 radical (unpaired) electrons. The molecule has 41 heavy (non-hydrogen) atoms. The topological polar surface area (TPSA) is 135 Å². The van der Waals surface area contributed by atoms with Crippen molar-refractivity contribution in [2.75, 3.05) is 13.2 Å². The number of nitrogens with two attached hydrogens (primary N) is 1. The van der Waals surface area contributed by atoms with E-state index >= 15 is 0 Å². The quantitative estimate of drug-likeness (QED) is 0.231. The Hall–Kier alpha value is -3.06. The zero-order valence-electron chi connectivity index (χ0n) is 23.2. The maximum absolute atomic E-state index is 13.2. The molecule has 4 N–H and O–H groups in total. The number of thioether (sulfide) groups is 1. The van der Waals surface area contributed by atoms with Gasteiger partial charge in [-0.3, -0.25) is 10.2 Å². The van der Waals surface area contributed by atoms with Gasteiger partial charge in [0.1, 0.15) is 5.75 Å². The Balaban J connectivity index is 1.83. The molecule has 1 saturated carbocycles.